The molecule has 0 aliphatic heterocycles. The number of hydrogen-bond acceptors (Lipinski definition) is 3. The van der Waals surface area contributed by atoms with Crippen LogP contribution in [0.15, 0.2) is 60.7 Å². The topological polar surface area (TPSA) is 43.7 Å². The van der Waals surface area contributed by atoms with Crippen LogP contribution in [0.5, 0.6) is 0 Å². The number of aliphatic hydroxyl groups excluding tert-OH is 2. The molecule has 0 aliphatic rings. The Morgan fingerprint density at radius 1 is 0.810 bits per heavy atom. The zero-order valence-electron chi connectivity index (χ0n) is 12.2. The largest absolute Gasteiger partial charge is 0.395 e. The highest BCUT2D eigenvalue weighted by Gasteiger charge is 2.18. The molecule has 1 atom stereocenters. The number of benzene rings is 2. The monoisotopic (exact) mass is 285 g/mol. The Bertz CT molecular complexity index is 501. The number of nitrogens with zero attached hydrogens (tertiary/aromatic N) is 1. The molecule has 0 aromatic heterocycles. The predicted octanol–water partition coefficient (Wildman–Crippen LogP) is 2.08. The lowest BCUT2D eigenvalue weighted by atomic mass is 10.0. The summed E-state index contributed by atoms with van der Waals surface area (Å²) in [6, 6.07) is 20.3. The highest BCUT2D eigenvalue weighted by atomic mass is 16.3. The van der Waals surface area contributed by atoms with E-state index in [1.165, 1.54) is 11.1 Å². The molecule has 0 fully saturated rings. The van der Waals surface area contributed by atoms with Gasteiger partial charge in [-0.1, -0.05) is 60.7 Å². The summed E-state index contributed by atoms with van der Waals surface area (Å²) in [5, 5.41) is 19.0. The van der Waals surface area contributed by atoms with Gasteiger partial charge in [0.15, 0.2) is 0 Å². The van der Waals surface area contributed by atoms with E-state index in [1.54, 1.807) is 0 Å². The number of rotatable bonds is 8. The summed E-state index contributed by atoms with van der Waals surface area (Å²) in [4.78, 5) is 2.14. The van der Waals surface area contributed by atoms with Crippen LogP contribution in [0.4, 0.5) is 0 Å². The summed E-state index contributed by atoms with van der Waals surface area (Å²) in [6.07, 6.45) is 0.782. The van der Waals surface area contributed by atoms with Crippen LogP contribution in [0.3, 0.4) is 0 Å². The molecule has 2 aromatic rings. The Morgan fingerprint density at radius 2 is 1.38 bits per heavy atom. The first-order valence-electron chi connectivity index (χ1n) is 7.37. The molecular weight excluding hydrogens is 262 g/mol. The normalized spacial score (nSPS) is 12.5. The van der Waals surface area contributed by atoms with E-state index in [0.29, 0.717) is 6.54 Å². The molecule has 2 aromatic carbocycles. The van der Waals surface area contributed by atoms with E-state index in [9.17, 15) is 10.2 Å². The molecule has 0 saturated carbocycles. The fourth-order valence-corrected chi connectivity index (χ4v) is 2.53. The van der Waals surface area contributed by atoms with Gasteiger partial charge in [-0.3, -0.25) is 4.90 Å². The molecule has 0 unspecified atom stereocenters. The second-order valence-electron chi connectivity index (χ2n) is 5.21. The van der Waals surface area contributed by atoms with E-state index >= 15 is 0 Å². The molecular formula is C18H23NO2. The van der Waals surface area contributed by atoms with E-state index < -0.39 is 0 Å². The van der Waals surface area contributed by atoms with Crippen LogP contribution in [-0.4, -0.2) is 40.9 Å². The van der Waals surface area contributed by atoms with Gasteiger partial charge in [-0.15, -0.1) is 0 Å². The van der Waals surface area contributed by atoms with Gasteiger partial charge < -0.3 is 10.2 Å². The van der Waals surface area contributed by atoms with Crippen LogP contribution in [0.1, 0.15) is 11.1 Å². The molecule has 0 heterocycles. The molecule has 0 aliphatic carbocycles. The zero-order chi connectivity index (χ0) is 14.9. The summed E-state index contributed by atoms with van der Waals surface area (Å²) in [6.45, 7) is 1.48. The van der Waals surface area contributed by atoms with Gasteiger partial charge in [0.25, 0.3) is 0 Å². The summed E-state index contributed by atoms with van der Waals surface area (Å²) in [7, 11) is 0. The van der Waals surface area contributed by atoms with Gasteiger partial charge in [0.1, 0.15) is 0 Å². The maximum atomic E-state index is 9.74. The predicted molar refractivity (Wildman–Crippen MR) is 85.0 cm³/mol. The lowest BCUT2D eigenvalue weighted by Crippen LogP contribution is -2.40. The van der Waals surface area contributed by atoms with Gasteiger partial charge in [-0.05, 0) is 17.5 Å². The third-order valence-corrected chi connectivity index (χ3v) is 3.66. The van der Waals surface area contributed by atoms with Crippen LogP contribution >= 0.6 is 0 Å². The first kappa shape index (κ1) is 15.7. The van der Waals surface area contributed by atoms with E-state index in [4.69, 9.17) is 0 Å². The SMILES string of the molecule is OCCN(Cc1ccccc1)[C@H](CO)Cc1ccccc1. The van der Waals surface area contributed by atoms with Crippen molar-refractivity contribution >= 4 is 0 Å². The third-order valence-electron chi connectivity index (χ3n) is 3.66. The average molecular weight is 285 g/mol. The van der Waals surface area contributed by atoms with Crippen LogP contribution in [0.25, 0.3) is 0 Å². The Morgan fingerprint density at radius 3 is 1.90 bits per heavy atom. The molecule has 2 rings (SSSR count). The van der Waals surface area contributed by atoms with E-state index in [1.807, 2.05) is 36.4 Å². The van der Waals surface area contributed by atoms with Crippen molar-refractivity contribution in [2.24, 2.45) is 0 Å². The zero-order valence-corrected chi connectivity index (χ0v) is 12.2. The van der Waals surface area contributed by atoms with Gasteiger partial charge >= 0.3 is 0 Å². The molecule has 2 N–H and O–H groups in total. The fourth-order valence-electron chi connectivity index (χ4n) is 2.53. The number of hydrogen-bond donors (Lipinski definition) is 2. The molecule has 0 amide bonds. The second-order valence-corrected chi connectivity index (χ2v) is 5.21. The Labute approximate surface area is 126 Å². The Balaban J connectivity index is 2.07. The van der Waals surface area contributed by atoms with Crippen molar-refractivity contribution in [3.8, 4) is 0 Å². The van der Waals surface area contributed by atoms with Crippen molar-refractivity contribution in [2.75, 3.05) is 19.8 Å². The van der Waals surface area contributed by atoms with Crippen LogP contribution in [-0.2, 0) is 13.0 Å². The Kier molecular flexibility index (Phi) is 6.41. The van der Waals surface area contributed by atoms with Gasteiger partial charge in [-0.2, -0.15) is 0 Å². The van der Waals surface area contributed by atoms with Gasteiger partial charge in [0, 0.05) is 19.1 Å². The summed E-state index contributed by atoms with van der Waals surface area (Å²) in [5.74, 6) is 0. The van der Waals surface area contributed by atoms with Crippen molar-refractivity contribution in [3.05, 3.63) is 71.8 Å². The summed E-state index contributed by atoms with van der Waals surface area (Å²) in [5.41, 5.74) is 2.39. The maximum Gasteiger partial charge on any atom is 0.0590 e. The van der Waals surface area contributed by atoms with Crippen molar-refractivity contribution in [3.63, 3.8) is 0 Å². The van der Waals surface area contributed by atoms with Crippen LogP contribution in [0.2, 0.25) is 0 Å². The summed E-state index contributed by atoms with van der Waals surface area (Å²) >= 11 is 0. The molecule has 0 saturated heterocycles. The van der Waals surface area contributed by atoms with Crippen molar-refractivity contribution in [2.45, 2.75) is 19.0 Å². The van der Waals surface area contributed by atoms with Crippen molar-refractivity contribution < 1.29 is 10.2 Å². The minimum Gasteiger partial charge on any atom is -0.395 e. The molecule has 0 spiro atoms. The lowest BCUT2D eigenvalue weighted by molar-refractivity contribution is 0.0953. The molecule has 21 heavy (non-hydrogen) atoms. The smallest absolute Gasteiger partial charge is 0.0590 e. The van der Waals surface area contributed by atoms with Crippen molar-refractivity contribution in [1.29, 1.82) is 0 Å². The van der Waals surface area contributed by atoms with Gasteiger partial charge in [0.05, 0.1) is 13.2 Å². The Hall–Kier alpha value is -1.68. The first-order valence-corrected chi connectivity index (χ1v) is 7.37. The first-order chi connectivity index (χ1) is 10.3. The minimum atomic E-state index is 0.0137. The summed E-state index contributed by atoms with van der Waals surface area (Å²) < 4.78 is 0. The maximum absolute atomic E-state index is 9.74. The molecule has 3 heteroatoms. The quantitative estimate of drug-likeness (QED) is 0.780. The van der Waals surface area contributed by atoms with Crippen LogP contribution < -0.4 is 0 Å². The third kappa shape index (κ3) is 4.97. The average Bonchev–Trinajstić information content (AvgIpc) is 2.54. The number of aliphatic hydroxyl groups is 2. The highest BCUT2D eigenvalue weighted by molar-refractivity contribution is 5.17. The van der Waals surface area contributed by atoms with Crippen molar-refractivity contribution in [1.82, 2.24) is 4.90 Å². The van der Waals surface area contributed by atoms with E-state index in [2.05, 4.69) is 29.2 Å². The molecule has 112 valence electrons. The van der Waals surface area contributed by atoms with E-state index in [-0.39, 0.29) is 19.3 Å². The lowest BCUT2D eigenvalue weighted by Gasteiger charge is -2.30. The van der Waals surface area contributed by atoms with Crippen LogP contribution in [0, 0.1) is 0 Å². The molecule has 3 nitrogen and oxygen atoms in total. The van der Waals surface area contributed by atoms with E-state index in [0.717, 1.165) is 13.0 Å². The fraction of sp³-hybridized carbons (Fsp3) is 0.333. The van der Waals surface area contributed by atoms with Gasteiger partial charge in [0.2, 0.25) is 0 Å². The second kappa shape index (κ2) is 8.57. The molecule has 0 radical (unpaired) electrons. The highest BCUT2D eigenvalue weighted by Crippen LogP contribution is 2.13. The van der Waals surface area contributed by atoms with Gasteiger partial charge in [-0.25, -0.2) is 0 Å². The minimum absolute atomic E-state index is 0.0137. The standard InChI is InChI=1S/C18H23NO2/c20-12-11-19(14-17-9-5-2-6-10-17)18(15-21)13-16-7-3-1-4-8-16/h1-10,18,20-21H,11-15H2/t18-/m0/s1. The molecule has 0 bridgehead atoms.